The third-order valence-corrected chi connectivity index (χ3v) is 2.94. The molecule has 0 aliphatic rings. The van der Waals surface area contributed by atoms with Gasteiger partial charge in [0.15, 0.2) is 0 Å². The van der Waals surface area contributed by atoms with Crippen molar-refractivity contribution >= 4 is 27.8 Å². The highest BCUT2D eigenvalue weighted by Gasteiger charge is 2.16. The molecule has 0 atom stereocenters. The number of halogens is 2. The van der Waals surface area contributed by atoms with E-state index in [0.29, 0.717) is 5.56 Å². The topological polar surface area (TPSA) is 46.6 Å². The summed E-state index contributed by atoms with van der Waals surface area (Å²) < 4.78 is 18.9. The molecule has 0 unspecified atom stereocenters. The van der Waals surface area contributed by atoms with Gasteiger partial charge in [-0.3, -0.25) is 9.59 Å². The molecule has 0 aliphatic heterocycles. The van der Waals surface area contributed by atoms with Crippen molar-refractivity contribution in [3.63, 3.8) is 0 Å². The van der Waals surface area contributed by atoms with E-state index in [1.807, 2.05) is 0 Å². The Morgan fingerprint density at radius 2 is 2.11 bits per heavy atom. The molecule has 19 heavy (non-hydrogen) atoms. The first-order valence-corrected chi connectivity index (χ1v) is 6.56. The normalized spacial score (nSPS) is 10.1. The lowest BCUT2D eigenvalue weighted by Crippen LogP contribution is -2.29. The van der Waals surface area contributed by atoms with Crippen molar-refractivity contribution < 1.29 is 18.7 Å². The summed E-state index contributed by atoms with van der Waals surface area (Å²) in [4.78, 5) is 24.2. The van der Waals surface area contributed by atoms with Crippen LogP contribution in [0.1, 0.15) is 18.9 Å². The van der Waals surface area contributed by atoms with E-state index >= 15 is 0 Å². The van der Waals surface area contributed by atoms with Crippen LogP contribution in [0.25, 0.3) is 0 Å². The number of nitrogens with zero attached hydrogens (tertiary/aromatic N) is 1. The van der Waals surface area contributed by atoms with Gasteiger partial charge in [-0.1, -0.05) is 15.9 Å². The van der Waals surface area contributed by atoms with E-state index < -0.39 is 11.9 Å². The number of rotatable bonds is 5. The maximum atomic E-state index is 13.5. The van der Waals surface area contributed by atoms with Crippen molar-refractivity contribution in [3.05, 3.63) is 34.1 Å². The van der Waals surface area contributed by atoms with Gasteiger partial charge in [-0.25, -0.2) is 4.39 Å². The number of hydrogen-bond acceptors (Lipinski definition) is 3. The van der Waals surface area contributed by atoms with E-state index in [-0.39, 0.29) is 25.4 Å². The number of esters is 1. The van der Waals surface area contributed by atoms with Gasteiger partial charge < -0.3 is 9.64 Å². The minimum atomic E-state index is -0.575. The molecule has 0 saturated heterocycles. The predicted molar refractivity (Wildman–Crippen MR) is 71.8 cm³/mol. The van der Waals surface area contributed by atoms with Crippen LogP contribution in [0.4, 0.5) is 4.39 Å². The fourth-order valence-electron chi connectivity index (χ4n) is 1.48. The van der Waals surface area contributed by atoms with Gasteiger partial charge in [0.25, 0.3) is 0 Å². The summed E-state index contributed by atoms with van der Waals surface area (Å²) in [5, 5.41) is 0. The molecule has 0 radical (unpaired) electrons. The highest BCUT2D eigenvalue weighted by molar-refractivity contribution is 9.10. The second kappa shape index (κ2) is 7.23. The molecule has 0 bridgehead atoms. The monoisotopic (exact) mass is 331 g/mol. The fraction of sp³-hybridized carbons (Fsp3) is 0.385. The summed E-state index contributed by atoms with van der Waals surface area (Å²) >= 11 is 3.24. The highest BCUT2D eigenvalue weighted by Crippen LogP contribution is 2.17. The number of amides is 1. The first kappa shape index (κ1) is 15.6. The van der Waals surface area contributed by atoms with Crippen LogP contribution >= 0.6 is 15.9 Å². The minimum Gasteiger partial charge on any atom is -0.466 e. The van der Waals surface area contributed by atoms with E-state index in [1.165, 1.54) is 18.0 Å². The Morgan fingerprint density at radius 3 is 2.74 bits per heavy atom. The Bertz CT molecular complexity index is 479. The molecule has 1 aromatic rings. The number of carbonyl (C=O) groups excluding carboxylic acids is 2. The lowest BCUT2D eigenvalue weighted by molar-refractivity contribution is -0.148. The molecule has 4 nitrogen and oxygen atoms in total. The molecule has 6 heteroatoms. The number of benzene rings is 1. The number of hydrogen-bond donors (Lipinski definition) is 0. The third kappa shape index (κ3) is 4.98. The highest BCUT2D eigenvalue weighted by atomic mass is 79.9. The summed E-state index contributed by atoms with van der Waals surface area (Å²) in [7, 11) is 1.52. The SMILES string of the molecule is CCOC(=O)CC(=O)N(C)Cc1cc(Br)ccc1F. The minimum absolute atomic E-state index is 0.101. The van der Waals surface area contributed by atoms with Crippen molar-refractivity contribution in [2.24, 2.45) is 0 Å². The zero-order valence-electron chi connectivity index (χ0n) is 10.8. The molecule has 0 N–H and O–H groups in total. The van der Waals surface area contributed by atoms with Gasteiger partial charge in [0, 0.05) is 23.6 Å². The Kier molecular flexibility index (Phi) is 5.95. The van der Waals surface area contributed by atoms with Crippen LogP contribution in [0.2, 0.25) is 0 Å². The molecule has 0 aliphatic carbocycles. The quantitative estimate of drug-likeness (QED) is 0.615. The van der Waals surface area contributed by atoms with Gasteiger partial charge in [0.1, 0.15) is 12.2 Å². The van der Waals surface area contributed by atoms with Gasteiger partial charge in [-0.15, -0.1) is 0 Å². The summed E-state index contributed by atoms with van der Waals surface area (Å²) in [5.41, 5.74) is 0.383. The standard InChI is InChI=1S/C13H15BrFNO3/c1-3-19-13(18)7-12(17)16(2)8-9-6-10(14)4-5-11(9)15/h4-6H,3,7-8H2,1-2H3. The van der Waals surface area contributed by atoms with E-state index in [2.05, 4.69) is 20.7 Å². The summed E-state index contributed by atoms with van der Waals surface area (Å²) in [6, 6.07) is 4.51. The zero-order chi connectivity index (χ0) is 14.4. The first-order chi connectivity index (χ1) is 8.93. The molecular formula is C13H15BrFNO3. The van der Waals surface area contributed by atoms with E-state index in [1.54, 1.807) is 19.1 Å². The summed E-state index contributed by atoms with van der Waals surface area (Å²) in [6.45, 7) is 2.00. The number of ether oxygens (including phenoxy) is 1. The van der Waals surface area contributed by atoms with Crippen molar-refractivity contribution in [2.75, 3.05) is 13.7 Å². The molecule has 0 fully saturated rings. The Hall–Kier alpha value is -1.43. The average molecular weight is 332 g/mol. The van der Waals surface area contributed by atoms with Crippen molar-refractivity contribution in [1.82, 2.24) is 4.90 Å². The largest absolute Gasteiger partial charge is 0.466 e. The Labute approximate surface area is 119 Å². The van der Waals surface area contributed by atoms with Crippen LogP contribution < -0.4 is 0 Å². The van der Waals surface area contributed by atoms with Gasteiger partial charge >= 0.3 is 5.97 Å². The second-order valence-corrected chi connectivity index (χ2v) is 4.88. The van der Waals surface area contributed by atoms with Crippen molar-refractivity contribution in [1.29, 1.82) is 0 Å². The average Bonchev–Trinajstić information content (AvgIpc) is 2.34. The molecule has 0 aromatic heterocycles. The van der Waals surface area contributed by atoms with Gasteiger partial charge in [-0.05, 0) is 25.1 Å². The molecular weight excluding hydrogens is 317 g/mol. The van der Waals surface area contributed by atoms with Crippen LogP contribution in [0, 0.1) is 5.82 Å². The van der Waals surface area contributed by atoms with Crippen LogP contribution in [0.5, 0.6) is 0 Å². The molecule has 104 valence electrons. The smallest absolute Gasteiger partial charge is 0.315 e. The number of carbonyl (C=O) groups is 2. The van der Waals surface area contributed by atoms with Crippen LogP contribution in [-0.2, 0) is 20.9 Å². The summed E-state index contributed by atoms with van der Waals surface area (Å²) in [5.74, 6) is -1.37. The van der Waals surface area contributed by atoms with Gasteiger partial charge in [0.05, 0.1) is 6.61 Å². The van der Waals surface area contributed by atoms with Crippen LogP contribution in [-0.4, -0.2) is 30.4 Å². The predicted octanol–water partition coefficient (Wildman–Crippen LogP) is 2.50. The zero-order valence-corrected chi connectivity index (χ0v) is 12.4. The van der Waals surface area contributed by atoms with Crippen molar-refractivity contribution in [3.8, 4) is 0 Å². The van der Waals surface area contributed by atoms with E-state index in [4.69, 9.17) is 0 Å². The maximum Gasteiger partial charge on any atom is 0.315 e. The van der Waals surface area contributed by atoms with Crippen LogP contribution in [0.15, 0.2) is 22.7 Å². The van der Waals surface area contributed by atoms with Crippen molar-refractivity contribution in [2.45, 2.75) is 19.9 Å². The Morgan fingerprint density at radius 1 is 1.42 bits per heavy atom. The van der Waals surface area contributed by atoms with E-state index in [9.17, 15) is 14.0 Å². The fourth-order valence-corrected chi connectivity index (χ4v) is 1.89. The summed E-state index contributed by atoms with van der Waals surface area (Å²) in [6.07, 6.45) is -0.333. The Balaban J connectivity index is 2.63. The van der Waals surface area contributed by atoms with Gasteiger partial charge in [0.2, 0.25) is 5.91 Å². The van der Waals surface area contributed by atoms with Gasteiger partial charge in [-0.2, -0.15) is 0 Å². The third-order valence-electron chi connectivity index (χ3n) is 2.44. The molecule has 1 aromatic carbocycles. The molecule has 0 spiro atoms. The maximum absolute atomic E-state index is 13.5. The lowest BCUT2D eigenvalue weighted by atomic mass is 10.2. The second-order valence-electron chi connectivity index (χ2n) is 3.97. The molecule has 1 amide bonds. The lowest BCUT2D eigenvalue weighted by Gasteiger charge is -2.17. The first-order valence-electron chi connectivity index (χ1n) is 5.77. The molecule has 1 rings (SSSR count). The van der Waals surface area contributed by atoms with Crippen LogP contribution in [0.3, 0.4) is 0 Å². The van der Waals surface area contributed by atoms with E-state index in [0.717, 1.165) is 4.47 Å². The molecule has 0 heterocycles. The molecule has 0 saturated carbocycles.